The maximum absolute atomic E-state index is 6.25. The van der Waals surface area contributed by atoms with Crippen molar-refractivity contribution in [2.75, 3.05) is 36.8 Å². The van der Waals surface area contributed by atoms with Crippen molar-refractivity contribution in [2.24, 2.45) is 0 Å². The number of hydrogen-bond donors (Lipinski definition) is 1. The first-order valence-corrected chi connectivity index (χ1v) is 10.2. The van der Waals surface area contributed by atoms with Crippen LogP contribution in [0.4, 0.5) is 10.9 Å². The molecule has 0 radical (unpaired) electrons. The van der Waals surface area contributed by atoms with Gasteiger partial charge in [-0.3, -0.25) is 4.90 Å². The lowest BCUT2D eigenvalue weighted by Crippen LogP contribution is -2.47. The highest BCUT2D eigenvalue weighted by Gasteiger charge is 2.25. The van der Waals surface area contributed by atoms with Crippen LogP contribution in [0, 0.1) is 13.8 Å². The maximum atomic E-state index is 6.25. The highest BCUT2D eigenvalue weighted by Crippen LogP contribution is 2.33. The van der Waals surface area contributed by atoms with Gasteiger partial charge in [0, 0.05) is 42.6 Å². The monoisotopic (exact) mass is 374 g/mol. The van der Waals surface area contributed by atoms with Gasteiger partial charge >= 0.3 is 0 Å². The number of hydrogen-bond acceptors (Lipinski definition) is 8. The number of piperazine rings is 1. The number of nitrogens with zero attached hydrogens (tertiary/aromatic N) is 5. The molecule has 0 aromatic carbocycles. The fourth-order valence-electron chi connectivity index (χ4n) is 3.32. The van der Waals surface area contributed by atoms with Crippen molar-refractivity contribution in [3.05, 3.63) is 27.8 Å². The summed E-state index contributed by atoms with van der Waals surface area (Å²) in [7, 11) is 0. The molecule has 4 rings (SSSR count). The molecule has 3 aromatic rings. The van der Waals surface area contributed by atoms with Crippen LogP contribution in [0.3, 0.4) is 0 Å². The van der Waals surface area contributed by atoms with Gasteiger partial charge in [-0.1, -0.05) is 0 Å². The first-order valence-electron chi connectivity index (χ1n) is 8.46. The van der Waals surface area contributed by atoms with Crippen LogP contribution in [0.25, 0.3) is 10.2 Å². The van der Waals surface area contributed by atoms with Gasteiger partial charge in [-0.15, -0.1) is 22.7 Å². The van der Waals surface area contributed by atoms with E-state index in [4.69, 9.17) is 10.7 Å². The van der Waals surface area contributed by atoms with E-state index in [0.717, 1.165) is 47.4 Å². The smallest absolute Gasteiger partial charge is 0.185 e. The summed E-state index contributed by atoms with van der Waals surface area (Å²) in [5.74, 6) is 1.43. The van der Waals surface area contributed by atoms with Crippen molar-refractivity contribution < 1.29 is 0 Å². The number of rotatable bonds is 3. The molecule has 1 saturated heterocycles. The zero-order valence-corrected chi connectivity index (χ0v) is 16.3. The standard InChI is InChI=1S/C17H22N6S2/c1-10-12(3)25-16-13(10)14(18)20-15(21-16)11(2)22-5-7-23(8-6-22)17-19-4-9-24-17/h4,9,11H,5-8H2,1-3H3,(H2,18,20,21)/t11-/m1/s1. The van der Waals surface area contributed by atoms with Crippen molar-refractivity contribution in [3.63, 3.8) is 0 Å². The molecule has 8 heteroatoms. The molecule has 6 nitrogen and oxygen atoms in total. The lowest BCUT2D eigenvalue weighted by atomic mass is 10.2. The highest BCUT2D eigenvalue weighted by atomic mass is 32.1. The third-order valence-corrected chi connectivity index (χ3v) is 6.93. The maximum Gasteiger partial charge on any atom is 0.185 e. The van der Waals surface area contributed by atoms with Crippen LogP contribution in [0.2, 0.25) is 0 Å². The highest BCUT2D eigenvalue weighted by molar-refractivity contribution is 7.18. The summed E-state index contributed by atoms with van der Waals surface area (Å²) in [4.78, 5) is 20.9. The first-order chi connectivity index (χ1) is 12.0. The summed E-state index contributed by atoms with van der Waals surface area (Å²) in [6, 6.07) is 0.160. The van der Waals surface area contributed by atoms with Gasteiger partial charge in [0.05, 0.1) is 11.4 Å². The third-order valence-electron chi connectivity index (χ3n) is 5.00. The number of nitrogen functional groups attached to an aromatic ring is 1. The largest absolute Gasteiger partial charge is 0.383 e. The zero-order chi connectivity index (χ0) is 17.6. The Balaban J connectivity index is 1.53. The Labute approximate surface area is 155 Å². The molecule has 0 unspecified atom stereocenters. The van der Waals surface area contributed by atoms with Gasteiger partial charge in [-0.2, -0.15) is 0 Å². The van der Waals surface area contributed by atoms with E-state index >= 15 is 0 Å². The van der Waals surface area contributed by atoms with E-state index in [2.05, 4.69) is 40.5 Å². The van der Waals surface area contributed by atoms with Gasteiger partial charge in [-0.05, 0) is 26.3 Å². The van der Waals surface area contributed by atoms with Crippen LogP contribution in [-0.2, 0) is 0 Å². The molecule has 0 aliphatic carbocycles. The van der Waals surface area contributed by atoms with E-state index in [0.29, 0.717) is 5.82 Å². The van der Waals surface area contributed by atoms with Gasteiger partial charge in [-0.25, -0.2) is 15.0 Å². The first kappa shape index (κ1) is 16.7. The SMILES string of the molecule is Cc1sc2nc([C@@H](C)N3CCN(c4nccs4)CC3)nc(N)c2c1C. The number of anilines is 2. The molecule has 25 heavy (non-hydrogen) atoms. The number of nitrogens with two attached hydrogens (primary N) is 1. The van der Waals surface area contributed by atoms with Gasteiger partial charge in [0.2, 0.25) is 0 Å². The molecule has 1 aliphatic heterocycles. The van der Waals surface area contributed by atoms with Crippen LogP contribution in [0.15, 0.2) is 11.6 Å². The second kappa shape index (κ2) is 6.51. The summed E-state index contributed by atoms with van der Waals surface area (Å²) in [6.07, 6.45) is 1.87. The van der Waals surface area contributed by atoms with E-state index in [1.165, 1.54) is 10.4 Å². The van der Waals surface area contributed by atoms with Gasteiger partial charge < -0.3 is 10.6 Å². The van der Waals surface area contributed by atoms with E-state index in [1.54, 1.807) is 22.7 Å². The molecular weight excluding hydrogens is 352 g/mol. The van der Waals surface area contributed by atoms with Gasteiger partial charge in [0.25, 0.3) is 0 Å². The van der Waals surface area contributed by atoms with Crippen LogP contribution in [0.5, 0.6) is 0 Å². The zero-order valence-electron chi connectivity index (χ0n) is 14.7. The van der Waals surface area contributed by atoms with E-state index in [1.807, 2.05) is 11.6 Å². The van der Waals surface area contributed by atoms with E-state index < -0.39 is 0 Å². The van der Waals surface area contributed by atoms with Crippen molar-refractivity contribution in [1.82, 2.24) is 19.9 Å². The normalized spacial score (nSPS) is 17.3. The molecule has 0 bridgehead atoms. The number of thiazole rings is 1. The molecule has 1 atom stereocenters. The van der Waals surface area contributed by atoms with Crippen LogP contribution < -0.4 is 10.6 Å². The molecule has 0 saturated carbocycles. The lowest BCUT2D eigenvalue weighted by molar-refractivity contribution is 0.192. The summed E-state index contributed by atoms with van der Waals surface area (Å²) < 4.78 is 0. The molecule has 0 amide bonds. The molecule has 4 heterocycles. The number of thiophene rings is 1. The summed E-state index contributed by atoms with van der Waals surface area (Å²) >= 11 is 3.40. The second-order valence-corrected chi connectivity index (χ2v) is 8.52. The Morgan fingerprint density at radius 2 is 1.92 bits per heavy atom. The minimum Gasteiger partial charge on any atom is -0.383 e. The predicted octanol–water partition coefficient (Wildman–Crippen LogP) is 3.23. The minimum atomic E-state index is 0.160. The molecule has 3 aromatic heterocycles. The van der Waals surface area contributed by atoms with Crippen LogP contribution in [-0.4, -0.2) is 46.0 Å². The minimum absolute atomic E-state index is 0.160. The summed E-state index contributed by atoms with van der Waals surface area (Å²) in [5.41, 5.74) is 7.45. The quantitative estimate of drug-likeness (QED) is 0.759. The summed E-state index contributed by atoms with van der Waals surface area (Å²) in [6.45, 7) is 10.3. The average molecular weight is 375 g/mol. The van der Waals surface area contributed by atoms with E-state index in [9.17, 15) is 0 Å². The Bertz CT molecular complexity index is 880. The number of aromatic nitrogens is 3. The molecule has 1 fully saturated rings. The van der Waals surface area contributed by atoms with Crippen molar-refractivity contribution in [3.8, 4) is 0 Å². The van der Waals surface area contributed by atoms with Crippen molar-refractivity contribution in [1.29, 1.82) is 0 Å². The Kier molecular flexibility index (Phi) is 4.35. The Morgan fingerprint density at radius 3 is 2.60 bits per heavy atom. The average Bonchev–Trinajstić information content (AvgIpc) is 3.23. The second-order valence-electron chi connectivity index (χ2n) is 6.44. The molecular formula is C17H22N6S2. The van der Waals surface area contributed by atoms with Gasteiger partial charge in [0.1, 0.15) is 16.5 Å². The number of fused-ring (bicyclic) bond motifs is 1. The fourth-order valence-corrected chi connectivity index (χ4v) is 5.06. The molecule has 1 aliphatic rings. The number of aryl methyl sites for hydroxylation is 2. The fraction of sp³-hybridized carbons (Fsp3) is 0.471. The van der Waals surface area contributed by atoms with Crippen LogP contribution in [0.1, 0.15) is 29.2 Å². The topological polar surface area (TPSA) is 71.2 Å². The lowest BCUT2D eigenvalue weighted by Gasteiger charge is -2.37. The van der Waals surface area contributed by atoms with E-state index in [-0.39, 0.29) is 6.04 Å². The third kappa shape index (κ3) is 2.98. The molecule has 0 spiro atoms. The Hall–Kier alpha value is -1.77. The molecule has 2 N–H and O–H groups in total. The van der Waals surface area contributed by atoms with Crippen molar-refractivity contribution >= 4 is 43.8 Å². The summed E-state index contributed by atoms with van der Waals surface area (Å²) in [5, 5.41) is 4.16. The van der Waals surface area contributed by atoms with Crippen LogP contribution >= 0.6 is 22.7 Å². The Morgan fingerprint density at radius 1 is 1.16 bits per heavy atom. The predicted molar refractivity (Wildman–Crippen MR) is 106 cm³/mol. The van der Waals surface area contributed by atoms with Crippen molar-refractivity contribution in [2.45, 2.75) is 26.8 Å². The van der Waals surface area contributed by atoms with Gasteiger partial charge in [0.15, 0.2) is 5.13 Å². The molecule has 132 valence electrons.